The van der Waals surface area contributed by atoms with Gasteiger partial charge in [0.25, 0.3) is 11.5 Å². The molecule has 6 nitrogen and oxygen atoms in total. The molecule has 2 heterocycles. The Morgan fingerprint density at radius 3 is 2.85 bits per heavy atom. The number of carbonyl (C=O) groups excluding carboxylic acids is 1. The quantitative estimate of drug-likeness (QED) is 0.758. The third-order valence-corrected chi connectivity index (χ3v) is 5.12. The van der Waals surface area contributed by atoms with Gasteiger partial charge in [-0.3, -0.25) is 9.59 Å². The highest BCUT2D eigenvalue weighted by atomic mass is 16.3. The standard InChI is InChI=1S/C20H21N3O3/c1-11(14-8-7-13-5-3-4-6-15(13)9-14)23-19(25)16-12(2)26-20-17(16)18(24)21-10-22-20/h7-11H,3-6H2,1-2H3,(H,23,25)(H,21,22,24)/t11-/m1/s1. The van der Waals surface area contributed by atoms with Gasteiger partial charge in [-0.05, 0) is 56.2 Å². The SMILES string of the molecule is Cc1oc2nc[nH]c(=O)c2c1C(=O)N[C@H](C)c1ccc2c(c1)CCCC2. The zero-order chi connectivity index (χ0) is 18.3. The average molecular weight is 351 g/mol. The predicted octanol–water partition coefficient (Wildman–Crippen LogP) is 3.19. The third-order valence-electron chi connectivity index (χ3n) is 5.12. The predicted molar refractivity (Wildman–Crippen MR) is 98.3 cm³/mol. The van der Waals surface area contributed by atoms with Gasteiger partial charge in [0, 0.05) is 0 Å². The summed E-state index contributed by atoms with van der Waals surface area (Å²) in [4.78, 5) is 31.4. The molecule has 3 aromatic rings. The summed E-state index contributed by atoms with van der Waals surface area (Å²) in [5, 5.41) is 3.18. The van der Waals surface area contributed by atoms with Crippen molar-refractivity contribution in [2.45, 2.75) is 45.6 Å². The van der Waals surface area contributed by atoms with E-state index in [0.29, 0.717) is 5.76 Å². The molecule has 6 heteroatoms. The molecule has 0 aliphatic heterocycles. The lowest BCUT2D eigenvalue weighted by Crippen LogP contribution is -2.28. The summed E-state index contributed by atoms with van der Waals surface area (Å²) in [7, 11) is 0. The normalized spacial score (nSPS) is 14.8. The van der Waals surface area contributed by atoms with Crippen LogP contribution >= 0.6 is 0 Å². The van der Waals surface area contributed by atoms with E-state index < -0.39 is 0 Å². The summed E-state index contributed by atoms with van der Waals surface area (Å²) in [6.07, 6.45) is 5.95. The number of benzene rings is 1. The molecule has 2 N–H and O–H groups in total. The molecule has 0 bridgehead atoms. The van der Waals surface area contributed by atoms with Gasteiger partial charge >= 0.3 is 0 Å². The summed E-state index contributed by atoms with van der Waals surface area (Å²) in [5.74, 6) is 0.0595. The fraction of sp³-hybridized carbons (Fsp3) is 0.350. The first-order chi connectivity index (χ1) is 12.5. The number of hydrogen-bond acceptors (Lipinski definition) is 4. The fourth-order valence-electron chi connectivity index (χ4n) is 3.70. The van der Waals surface area contributed by atoms with Crippen LogP contribution in [0.4, 0.5) is 0 Å². The lowest BCUT2D eigenvalue weighted by Gasteiger charge is -2.20. The number of furan rings is 1. The first-order valence-electron chi connectivity index (χ1n) is 8.94. The van der Waals surface area contributed by atoms with Gasteiger partial charge in [-0.2, -0.15) is 0 Å². The van der Waals surface area contributed by atoms with Gasteiger partial charge < -0.3 is 14.7 Å². The molecule has 2 aromatic heterocycles. The highest BCUT2D eigenvalue weighted by molar-refractivity contribution is 6.06. The number of fused-ring (bicyclic) bond motifs is 2. The summed E-state index contributed by atoms with van der Waals surface area (Å²) in [5.41, 5.74) is 3.90. The number of H-pyrrole nitrogens is 1. The van der Waals surface area contributed by atoms with Gasteiger partial charge in [0.15, 0.2) is 0 Å². The Morgan fingerprint density at radius 2 is 2.04 bits per heavy atom. The van der Waals surface area contributed by atoms with E-state index in [4.69, 9.17) is 4.42 Å². The number of amides is 1. The van der Waals surface area contributed by atoms with E-state index in [2.05, 4.69) is 33.5 Å². The number of rotatable bonds is 3. The summed E-state index contributed by atoms with van der Waals surface area (Å²) in [6, 6.07) is 6.26. The number of aromatic amines is 1. The van der Waals surface area contributed by atoms with Crippen molar-refractivity contribution in [2.24, 2.45) is 0 Å². The maximum Gasteiger partial charge on any atom is 0.262 e. The van der Waals surface area contributed by atoms with Gasteiger partial charge in [0.2, 0.25) is 5.71 Å². The van der Waals surface area contributed by atoms with Crippen LogP contribution in [-0.4, -0.2) is 15.9 Å². The molecule has 26 heavy (non-hydrogen) atoms. The lowest BCUT2D eigenvalue weighted by molar-refractivity contribution is 0.0939. The van der Waals surface area contributed by atoms with Crippen molar-refractivity contribution in [1.82, 2.24) is 15.3 Å². The van der Waals surface area contributed by atoms with Crippen LogP contribution in [0.2, 0.25) is 0 Å². The van der Waals surface area contributed by atoms with Crippen molar-refractivity contribution in [3.8, 4) is 0 Å². The van der Waals surface area contributed by atoms with Crippen LogP contribution in [-0.2, 0) is 12.8 Å². The Bertz CT molecular complexity index is 1050. The zero-order valence-electron chi connectivity index (χ0n) is 14.9. The molecular formula is C20H21N3O3. The largest absolute Gasteiger partial charge is 0.442 e. The minimum absolute atomic E-state index is 0.171. The number of aryl methyl sites for hydroxylation is 3. The maximum absolute atomic E-state index is 12.8. The van der Waals surface area contributed by atoms with E-state index >= 15 is 0 Å². The molecule has 1 aliphatic rings. The zero-order valence-corrected chi connectivity index (χ0v) is 14.9. The van der Waals surface area contributed by atoms with Crippen molar-refractivity contribution < 1.29 is 9.21 Å². The fourth-order valence-corrected chi connectivity index (χ4v) is 3.70. The van der Waals surface area contributed by atoms with Crippen LogP contribution in [0, 0.1) is 6.92 Å². The Kier molecular flexibility index (Phi) is 4.11. The monoisotopic (exact) mass is 351 g/mol. The van der Waals surface area contributed by atoms with Crippen molar-refractivity contribution in [3.63, 3.8) is 0 Å². The minimum Gasteiger partial charge on any atom is -0.442 e. The van der Waals surface area contributed by atoms with Crippen LogP contribution < -0.4 is 10.9 Å². The molecule has 1 atom stereocenters. The van der Waals surface area contributed by atoms with E-state index in [-0.39, 0.29) is 34.2 Å². The molecule has 0 saturated carbocycles. The maximum atomic E-state index is 12.8. The second-order valence-corrected chi connectivity index (χ2v) is 6.88. The van der Waals surface area contributed by atoms with E-state index in [1.807, 2.05) is 6.92 Å². The molecule has 0 radical (unpaired) electrons. The van der Waals surface area contributed by atoms with E-state index in [9.17, 15) is 9.59 Å². The number of nitrogens with zero attached hydrogens (tertiary/aromatic N) is 1. The smallest absolute Gasteiger partial charge is 0.262 e. The van der Waals surface area contributed by atoms with Gasteiger partial charge in [-0.1, -0.05) is 18.2 Å². The van der Waals surface area contributed by atoms with Crippen molar-refractivity contribution in [2.75, 3.05) is 0 Å². The molecule has 1 aliphatic carbocycles. The van der Waals surface area contributed by atoms with Crippen LogP contribution in [0.3, 0.4) is 0 Å². The van der Waals surface area contributed by atoms with Gasteiger partial charge in [0.1, 0.15) is 11.1 Å². The van der Waals surface area contributed by atoms with Crippen LogP contribution in [0.15, 0.2) is 33.7 Å². The Morgan fingerprint density at radius 1 is 1.27 bits per heavy atom. The van der Waals surface area contributed by atoms with E-state index in [1.54, 1.807) is 6.92 Å². The number of aromatic nitrogens is 2. The van der Waals surface area contributed by atoms with Crippen LogP contribution in [0.25, 0.3) is 11.1 Å². The van der Waals surface area contributed by atoms with Gasteiger partial charge in [0.05, 0.1) is 17.9 Å². The molecule has 0 fully saturated rings. The van der Waals surface area contributed by atoms with Crippen molar-refractivity contribution in [1.29, 1.82) is 0 Å². The van der Waals surface area contributed by atoms with Crippen molar-refractivity contribution in [3.05, 3.63) is 62.9 Å². The minimum atomic E-state index is -0.376. The molecule has 4 rings (SSSR count). The first kappa shape index (κ1) is 16.6. The summed E-state index contributed by atoms with van der Waals surface area (Å²) >= 11 is 0. The number of hydrogen-bond donors (Lipinski definition) is 2. The van der Waals surface area contributed by atoms with Gasteiger partial charge in [-0.25, -0.2) is 4.98 Å². The molecule has 0 saturated heterocycles. The molecule has 134 valence electrons. The molecule has 0 spiro atoms. The summed E-state index contributed by atoms with van der Waals surface area (Å²) < 4.78 is 5.47. The third kappa shape index (κ3) is 2.81. The number of carbonyl (C=O) groups is 1. The lowest BCUT2D eigenvalue weighted by atomic mass is 9.89. The second kappa shape index (κ2) is 6.44. The highest BCUT2D eigenvalue weighted by Crippen LogP contribution is 2.26. The Balaban J connectivity index is 1.63. The average Bonchev–Trinajstić information content (AvgIpc) is 2.98. The van der Waals surface area contributed by atoms with E-state index in [0.717, 1.165) is 18.4 Å². The molecular weight excluding hydrogens is 330 g/mol. The van der Waals surface area contributed by atoms with Crippen LogP contribution in [0.5, 0.6) is 0 Å². The van der Waals surface area contributed by atoms with Crippen LogP contribution in [0.1, 0.15) is 58.6 Å². The Hall–Kier alpha value is -2.89. The molecule has 1 amide bonds. The number of nitrogens with one attached hydrogen (secondary N) is 2. The summed E-state index contributed by atoms with van der Waals surface area (Å²) in [6.45, 7) is 3.61. The molecule has 1 aromatic carbocycles. The topological polar surface area (TPSA) is 88.0 Å². The van der Waals surface area contributed by atoms with Crippen molar-refractivity contribution >= 4 is 17.0 Å². The first-order valence-corrected chi connectivity index (χ1v) is 8.94. The van der Waals surface area contributed by atoms with E-state index in [1.165, 1.54) is 30.3 Å². The molecule has 0 unspecified atom stereocenters. The second-order valence-electron chi connectivity index (χ2n) is 6.88. The van der Waals surface area contributed by atoms with Gasteiger partial charge in [-0.15, -0.1) is 0 Å². The highest BCUT2D eigenvalue weighted by Gasteiger charge is 2.23. The Labute approximate surface area is 150 Å².